The van der Waals surface area contributed by atoms with Crippen molar-refractivity contribution in [2.75, 3.05) is 0 Å². The molecule has 0 aromatic heterocycles. The largest absolute Gasteiger partial charge is 0.481 e. The third kappa shape index (κ3) is 3.69. The molecule has 0 bridgehead atoms. The van der Waals surface area contributed by atoms with Crippen LogP contribution in [0.5, 0.6) is 0 Å². The summed E-state index contributed by atoms with van der Waals surface area (Å²) < 4.78 is 0. The molecule has 2 N–H and O–H groups in total. The number of rotatable bonds is 6. The Labute approximate surface area is 188 Å². The van der Waals surface area contributed by atoms with Crippen LogP contribution in [0.3, 0.4) is 0 Å². The molecule has 4 aliphatic rings. The van der Waals surface area contributed by atoms with Crippen LogP contribution in [0.25, 0.3) is 0 Å². The average molecular weight is 433 g/mol. The minimum Gasteiger partial charge on any atom is -0.481 e. The number of fused-ring (bicyclic) bond motifs is 5. The van der Waals surface area contributed by atoms with Crippen LogP contribution in [-0.2, 0) is 9.59 Å². The van der Waals surface area contributed by atoms with Crippen LogP contribution in [-0.4, -0.2) is 28.1 Å². The van der Waals surface area contributed by atoms with Gasteiger partial charge in [-0.05, 0) is 98.2 Å². The second kappa shape index (κ2) is 8.47. The summed E-state index contributed by atoms with van der Waals surface area (Å²) in [6.07, 6.45) is 10.1. The second-order valence-corrected chi connectivity index (χ2v) is 12.2. The van der Waals surface area contributed by atoms with Gasteiger partial charge in [-0.1, -0.05) is 34.1 Å². The first-order valence-electron chi connectivity index (χ1n) is 13.1. The summed E-state index contributed by atoms with van der Waals surface area (Å²) in [5, 5.41) is 19.6. The zero-order valence-electron chi connectivity index (χ0n) is 20.1. The number of aliphatic hydroxyl groups is 1. The number of hydrogen-bond acceptors (Lipinski definition) is 3. The SMILES string of the molecule is CCC[C@@H]1C(=O)[C@@H]2[C@H](CC[C@]3(C)[C@@H]([C@H](C)CCC(=O)O)CC[C@@H]23)[C@@]2(C)CC[C@@H](O)C[C@@H]12. The summed E-state index contributed by atoms with van der Waals surface area (Å²) in [4.78, 5) is 25.2. The summed E-state index contributed by atoms with van der Waals surface area (Å²) in [5.41, 5.74) is 0.356. The van der Waals surface area contributed by atoms with Crippen molar-refractivity contribution < 1.29 is 19.8 Å². The van der Waals surface area contributed by atoms with E-state index in [1.165, 1.54) is 6.42 Å². The number of Topliss-reactive ketones (excluding diaryl/α,β-unsaturated/α-hetero) is 1. The van der Waals surface area contributed by atoms with Gasteiger partial charge in [-0.15, -0.1) is 0 Å². The van der Waals surface area contributed by atoms with Crippen molar-refractivity contribution in [1.82, 2.24) is 0 Å². The fourth-order valence-corrected chi connectivity index (χ4v) is 9.33. The monoisotopic (exact) mass is 432 g/mol. The summed E-state index contributed by atoms with van der Waals surface area (Å²) in [6, 6.07) is 0. The summed E-state index contributed by atoms with van der Waals surface area (Å²) >= 11 is 0. The predicted molar refractivity (Wildman–Crippen MR) is 121 cm³/mol. The minimum atomic E-state index is -0.696. The lowest BCUT2D eigenvalue weighted by atomic mass is 9.41. The number of aliphatic carboxylic acids is 1. The first kappa shape index (κ1) is 23.3. The van der Waals surface area contributed by atoms with Crippen molar-refractivity contribution in [3.63, 3.8) is 0 Å². The summed E-state index contributed by atoms with van der Waals surface area (Å²) in [5.74, 6) is 2.35. The lowest BCUT2D eigenvalue weighted by Crippen LogP contribution is -2.60. The number of carboxylic acid groups (broad SMARTS) is 1. The van der Waals surface area contributed by atoms with E-state index in [4.69, 9.17) is 5.11 Å². The van der Waals surface area contributed by atoms with Gasteiger partial charge in [0.1, 0.15) is 5.78 Å². The molecule has 10 atom stereocenters. The van der Waals surface area contributed by atoms with Crippen molar-refractivity contribution in [1.29, 1.82) is 0 Å². The van der Waals surface area contributed by atoms with Crippen LogP contribution >= 0.6 is 0 Å². The quantitative estimate of drug-likeness (QED) is 0.563. The Balaban J connectivity index is 1.63. The molecule has 0 amide bonds. The number of carbonyl (C=O) groups excluding carboxylic acids is 1. The molecule has 4 saturated carbocycles. The van der Waals surface area contributed by atoms with Crippen LogP contribution in [0, 0.1) is 52.3 Å². The molecule has 31 heavy (non-hydrogen) atoms. The standard InChI is InChI=1S/C27H44O4/c1-5-6-18-22-15-17(28)11-13-27(22,4)21-12-14-26(3)19(16(2)7-10-23(29)30)8-9-20(26)24(21)25(18)31/h16-22,24,28H,5-15H2,1-4H3,(H,29,30)/t16-,17-,18+,19-,20+,21+,22+,24+,26-,27-/m1/s1. The predicted octanol–water partition coefficient (Wildman–Crippen LogP) is 5.71. The van der Waals surface area contributed by atoms with E-state index >= 15 is 0 Å². The highest BCUT2D eigenvalue weighted by molar-refractivity contribution is 5.86. The van der Waals surface area contributed by atoms with Gasteiger partial charge in [0.25, 0.3) is 0 Å². The smallest absolute Gasteiger partial charge is 0.303 e. The number of ketones is 1. The average Bonchev–Trinajstić information content (AvgIpc) is 3.07. The van der Waals surface area contributed by atoms with Crippen LogP contribution in [0.15, 0.2) is 0 Å². The van der Waals surface area contributed by atoms with E-state index in [1.807, 2.05) is 0 Å². The highest BCUT2D eigenvalue weighted by Gasteiger charge is 2.65. The topological polar surface area (TPSA) is 74.6 Å². The Morgan fingerprint density at radius 2 is 1.74 bits per heavy atom. The molecule has 4 heteroatoms. The zero-order valence-corrected chi connectivity index (χ0v) is 20.1. The Morgan fingerprint density at radius 1 is 1.06 bits per heavy atom. The third-order valence-corrected chi connectivity index (χ3v) is 10.9. The molecule has 0 spiro atoms. The maximum atomic E-state index is 14.1. The van der Waals surface area contributed by atoms with Gasteiger partial charge < -0.3 is 10.2 Å². The molecular formula is C27H44O4. The first-order valence-corrected chi connectivity index (χ1v) is 13.1. The lowest BCUT2D eigenvalue weighted by molar-refractivity contribution is -0.173. The van der Waals surface area contributed by atoms with Crippen LogP contribution in [0.4, 0.5) is 0 Å². The van der Waals surface area contributed by atoms with Gasteiger partial charge in [-0.25, -0.2) is 0 Å². The van der Waals surface area contributed by atoms with E-state index in [0.29, 0.717) is 35.4 Å². The molecule has 0 aliphatic heterocycles. The van der Waals surface area contributed by atoms with E-state index in [9.17, 15) is 14.7 Å². The summed E-state index contributed by atoms with van der Waals surface area (Å²) in [6.45, 7) is 9.33. The van der Waals surface area contributed by atoms with Gasteiger partial charge in [0.05, 0.1) is 6.10 Å². The fourth-order valence-electron chi connectivity index (χ4n) is 9.33. The highest BCUT2D eigenvalue weighted by Crippen LogP contribution is 2.68. The number of hydrogen-bond donors (Lipinski definition) is 2. The first-order chi connectivity index (χ1) is 14.6. The molecule has 0 heterocycles. The Kier molecular flexibility index (Phi) is 6.35. The Morgan fingerprint density at radius 3 is 2.42 bits per heavy atom. The van der Waals surface area contributed by atoms with E-state index in [-0.39, 0.29) is 35.2 Å². The van der Waals surface area contributed by atoms with E-state index in [2.05, 4.69) is 27.7 Å². The highest BCUT2D eigenvalue weighted by atomic mass is 16.4. The maximum absolute atomic E-state index is 14.1. The zero-order chi connectivity index (χ0) is 22.6. The Bertz CT molecular complexity index is 703. The van der Waals surface area contributed by atoms with Crippen LogP contribution < -0.4 is 0 Å². The van der Waals surface area contributed by atoms with Gasteiger partial charge in [-0.2, -0.15) is 0 Å². The van der Waals surface area contributed by atoms with E-state index in [0.717, 1.165) is 57.8 Å². The molecule has 176 valence electrons. The molecule has 0 aromatic carbocycles. The third-order valence-electron chi connectivity index (χ3n) is 10.9. The van der Waals surface area contributed by atoms with Crippen molar-refractivity contribution in [3.8, 4) is 0 Å². The fraction of sp³-hybridized carbons (Fsp3) is 0.926. The number of carboxylic acids is 1. The molecule has 0 radical (unpaired) electrons. The molecule has 0 saturated heterocycles. The molecule has 4 nitrogen and oxygen atoms in total. The van der Waals surface area contributed by atoms with Gasteiger partial charge in [-0.3, -0.25) is 9.59 Å². The molecule has 4 fully saturated rings. The Hall–Kier alpha value is -0.900. The van der Waals surface area contributed by atoms with Gasteiger partial charge in [0, 0.05) is 18.3 Å². The van der Waals surface area contributed by atoms with Crippen molar-refractivity contribution in [3.05, 3.63) is 0 Å². The van der Waals surface area contributed by atoms with Crippen LogP contribution in [0.1, 0.15) is 98.3 Å². The van der Waals surface area contributed by atoms with Crippen molar-refractivity contribution in [2.45, 2.75) is 104 Å². The number of carbonyl (C=O) groups is 2. The van der Waals surface area contributed by atoms with Gasteiger partial charge in [0.2, 0.25) is 0 Å². The number of aliphatic hydroxyl groups excluding tert-OH is 1. The maximum Gasteiger partial charge on any atom is 0.303 e. The van der Waals surface area contributed by atoms with Gasteiger partial charge in [0.15, 0.2) is 0 Å². The van der Waals surface area contributed by atoms with Crippen LogP contribution in [0.2, 0.25) is 0 Å². The van der Waals surface area contributed by atoms with Crippen molar-refractivity contribution in [2.24, 2.45) is 52.3 Å². The normalized spacial score (nSPS) is 47.9. The molecule has 0 aromatic rings. The molecule has 4 rings (SSSR count). The van der Waals surface area contributed by atoms with E-state index in [1.54, 1.807) is 0 Å². The van der Waals surface area contributed by atoms with Crippen molar-refractivity contribution >= 4 is 11.8 Å². The molecular weight excluding hydrogens is 388 g/mol. The molecule has 0 unspecified atom stereocenters. The van der Waals surface area contributed by atoms with Gasteiger partial charge >= 0.3 is 5.97 Å². The minimum absolute atomic E-state index is 0.122. The summed E-state index contributed by atoms with van der Waals surface area (Å²) in [7, 11) is 0. The van der Waals surface area contributed by atoms with E-state index < -0.39 is 5.97 Å². The second-order valence-electron chi connectivity index (χ2n) is 12.2. The lowest BCUT2D eigenvalue weighted by Gasteiger charge is -2.62. The molecule has 4 aliphatic carbocycles.